The van der Waals surface area contributed by atoms with Crippen molar-refractivity contribution >= 4 is 0 Å². The van der Waals surface area contributed by atoms with Crippen molar-refractivity contribution in [2.45, 2.75) is 79.2 Å². The highest BCUT2D eigenvalue weighted by Crippen LogP contribution is 2.80. The van der Waals surface area contributed by atoms with Gasteiger partial charge in [0, 0.05) is 76.0 Å². The van der Waals surface area contributed by atoms with Gasteiger partial charge in [-0.1, -0.05) is 6.92 Å². The SMILES string of the molecule is CCN1C[C@@]2(COC)[C@H](O)C[C@H](OC)[C@]34C1[C@@H]([C@H](OC)[C@H]23)[C@@]1(O)[C@@H](O)[C@H](OC)[C@@]2(O)C[C@@H]4[C@]1(O)[C@H]2O. The highest BCUT2D eigenvalue weighted by molar-refractivity contribution is 5.44. The predicted octanol–water partition coefficient (Wildman–Crippen LogP) is -2.67. The Morgan fingerprint density at radius 3 is 2.19 bits per heavy atom. The monoisotopic (exact) mass is 515 g/mol. The summed E-state index contributed by atoms with van der Waals surface area (Å²) in [6, 6.07) is -0.421. The summed E-state index contributed by atoms with van der Waals surface area (Å²) in [5.74, 6) is -2.22. The van der Waals surface area contributed by atoms with Crippen molar-refractivity contribution < 1.29 is 49.6 Å². The molecule has 206 valence electrons. The van der Waals surface area contributed by atoms with Gasteiger partial charge in [0.1, 0.15) is 35.1 Å². The molecule has 5 aliphatic carbocycles. The molecule has 1 unspecified atom stereocenters. The number of nitrogens with zero attached hydrogens (tertiary/aromatic N) is 1. The van der Waals surface area contributed by atoms with E-state index >= 15 is 0 Å². The Hall–Kier alpha value is -0.440. The summed E-state index contributed by atoms with van der Waals surface area (Å²) in [6.07, 6.45) is -6.76. The van der Waals surface area contributed by atoms with Gasteiger partial charge in [0.25, 0.3) is 0 Å². The maximum absolute atomic E-state index is 12.6. The molecule has 0 aromatic heterocycles. The van der Waals surface area contributed by atoms with Gasteiger partial charge in [-0.3, -0.25) is 4.90 Å². The largest absolute Gasteiger partial charge is 0.392 e. The van der Waals surface area contributed by atoms with Gasteiger partial charge in [-0.15, -0.1) is 0 Å². The standard InChI is InChI=1S/C25H41NO10/c1-6-26-9-21(10-33-2)12(27)7-13(34-3)23-11-8-22(30)19(36-5)18(28)25(32,24(11,31)20(22)29)14(17(23)26)15(35-4)16(21)23/h11-20,27-32H,6-10H2,1-5H3/t11-,12+,13-,14+,15-,16+,17?,18-,19-,20-,21+,22-,23-,24-,25+/m0/s1. The highest BCUT2D eigenvalue weighted by atomic mass is 16.5. The number of rotatable bonds is 6. The van der Waals surface area contributed by atoms with Gasteiger partial charge in [-0.2, -0.15) is 0 Å². The van der Waals surface area contributed by atoms with Gasteiger partial charge in [0.15, 0.2) is 0 Å². The Balaban J connectivity index is 1.72. The smallest absolute Gasteiger partial charge is 0.131 e. The number of fused-ring (bicyclic) bond motifs is 2. The third kappa shape index (κ3) is 2.22. The number of hydrogen-bond donors (Lipinski definition) is 6. The molecule has 5 saturated carbocycles. The summed E-state index contributed by atoms with van der Waals surface area (Å²) >= 11 is 0. The molecule has 1 aliphatic heterocycles. The third-order valence-corrected chi connectivity index (χ3v) is 11.8. The summed E-state index contributed by atoms with van der Waals surface area (Å²) in [7, 11) is 6.01. The Labute approximate surface area is 210 Å². The molecule has 0 aromatic rings. The van der Waals surface area contributed by atoms with Crippen molar-refractivity contribution in [1.29, 1.82) is 0 Å². The molecule has 0 radical (unpaired) electrons. The Bertz CT molecular complexity index is 925. The summed E-state index contributed by atoms with van der Waals surface area (Å²) in [5, 5.41) is 71.8. The van der Waals surface area contributed by atoms with Crippen LogP contribution in [-0.4, -0.2) is 143 Å². The molecule has 0 aromatic carbocycles. The van der Waals surface area contributed by atoms with E-state index in [-0.39, 0.29) is 19.4 Å². The minimum atomic E-state index is -2.27. The lowest BCUT2D eigenvalue weighted by Crippen LogP contribution is -2.87. The molecule has 11 nitrogen and oxygen atoms in total. The predicted molar refractivity (Wildman–Crippen MR) is 123 cm³/mol. The molecule has 0 amide bonds. The number of methoxy groups -OCH3 is 4. The van der Waals surface area contributed by atoms with Crippen molar-refractivity contribution in [2.75, 3.05) is 48.1 Å². The highest BCUT2D eigenvalue weighted by Gasteiger charge is 2.94. The first kappa shape index (κ1) is 25.8. The number of piperidine rings is 1. The minimum absolute atomic E-state index is 0.116. The van der Waals surface area contributed by atoms with Gasteiger partial charge in [-0.25, -0.2) is 0 Å². The fourth-order valence-electron chi connectivity index (χ4n) is 11.0. The third-order valence-electron chi connectivity index (χ3n) is 11.8. The lowest BCUT2D eigenvalue weighted by molar-refractivity contribution is -0.372. The van der Waals surface area contributed by atoms with E-state index < -0.39 is 88.1 Å². The van der Waals surface area contributed by atoms with Gasteiger partial charge in [0.05, 0.1) is 24.9 Å². The Kier molecular flexibility index (Phi) is 5.45. The van der Waals surface area contributed by atoms with Crippen molar-refractivity contribution in [1.82, 2.24) is 4.90 Å². The molecule has 1 heterocycles. The van der Waals surface area contributed by atoms with E-state index in [1.165, 1.54) is 14.2 Å². The molecule has 1 saturated heterocycles. The van der Waals surface area contributed by atoms with Crippen LogP contribution in [0.1, 0.15) is 19.8 Å². The first-order valence-corrected chi connectivity index (χ1v) is 13.0. The molecule has 36 heavy (non-hydrogen) atoms. The van der Waals surface area contributed by atoms with Crippen molar-refractivity contribution in [3.63, 3.8) is 0 Å². The summed E-state index contributed by atoms with van der Waals surface area (Å²) in [4.78, 5) is 2.18. The lowest BCUT2D eigenvalue weighted by Gasteiger charge is -2.71. The van der Waals surface area contributed by atoms with Crippen molar-refractivity contribution in [3.05, 3.63) is 0 Å². The Morgan fingerprint density at radius 1 is 0.944 bits per heavy atom. The zero-order chi connectivity index (χ0) is 26.2. The zero-order valence-corrected chi connectivity index (χ0v) is 21.6. The van der Waals surface area contributed by atoms with Crippen LogP contribution in [-0.2, 0) is 18.9 Å². The van der Waals surface area contributed by atoms with Crippen LogP contribution >= 0.6 is 0 Å². The van der Waals surface area contributed by atoms with E-state index in [0.717, 1.165) is 0 Å². The van der Waals surface area contributed by atoms with E-state index in [1.807, 2.05) is 6.92 Å². The number of ether oxygens (including phenoxy) is 4. The molecule has 6 aliphatic rings. The first-order valence-electron chi connectivity index (χ1n) is 13.0. The van der Waals surface area contributed by atoms with Crippen LogP contribution in [0.3, 0.4) is 0 Å². The van der Waals surface area contributed by atoms with Crippen LogP contribution in [0, 0.1) is 28.6 Å². The normalized spacial score (nSPS) is 63.1. The van der Waals surface area contributed by atoms with E-state index in [0.29, 0.717) is 13.1 Å². The number of aliphatic hydroxyl groups excluding tert-OH is 3. The second kappa shape index (κ2) is 7.60. The van der Waals surface area contributed by atoms with E-state index in [9.17, 15) is 30.6 Å². The van der Waals surface area contributed by atoms with Gasteiger partial charge >= 0.3 is 0 Å². The van der Waals surface area contributed by atoms with E-state index in [2.05, 4.69) is 4.90 Å². The van der Waals surface area contributed by atoms with Gasteiger partial charge < -0.3 is 49.6 Å². The molecule has 15 atom stereocenters. The molecular formula is C25H41NO10. The van der Waals surface area contributed by atoms with Crippen molar-refractivity contribution in [2.24, 2.45) is 28.6 Å². The maximum atomic E-state index is 12.6. The zero-order valence-electron chi connectivity index (χ0n) is 21.6. The second-order valence-corrected chi connectivity index (χ2v) is 12.3. The fourth-order valence-corrected chi connectivity index (χ4v) is 11.0. The van der Waals surface area contributed by atoms with Crippen LogP contribution in [0.25, 0.3) is 0 Å². The molecule has 11 heteroatoms. The van der Waals surface area contributed by atoms with Crippen LogP contribution in [0.2, 0.25) is 0 Å². The van der Waals surface area contributed by atoms with Crippen LogP contribution in [0.15, 0.2) is 0 Å². The quantitative estimate of drug-likeness (QED) is 0.219. The molecule has 7 bridgehead atoms. The summed E-state index contributed by atoms with van der Waals surface area (Å²) in [5.41, 5.74) is -8.29. The lowest BCUT2D eigenvalue weighted by atomic mass is 9.41. The molecule has 6 rings (SSSR count). The maximum Gasteiger partial charge on any atom is 0.131 e. The van der Waals surface area contributed by atoms with Crippen LogP contribution < -0.4 is 0 Å². The number of aliphatic hydroxyl groups is 6. The second-order valence-electron chi connectivity index (χ2n) is 12.3. The number of hydrogen-bond acceptors (Lipinski definition) is 11. The molecule has 6 fully saturated rings. The first-order chi connectivity index (χ1) is 17.0. The summed E-state index contributed by atoms with van der Waals surface area (Å²) < 4.78 is 23.5. The number of likely N-dealkylation sites (tertiary alicyclic amines) is 1. The Morgan fingerprint density at radius 2 is 1.64 bits per heavy atom. The topological polar surface area (TPSA) is 162 Å². The molecule has 6 N–H and O–H groups in total. The van der Waals surface area contributed by atoms with Crippen LogP contribution in [0.5, 0.6) is 0 Å². The minimum Gasteiger partial charge on any atom is -0.392 e. The van der Waals surface area contributed by atoms with E-state index in [1.54, 1.807) is 14.2 Å². The van der Waals surface area contributed by atoms with E-state index in [4.69, 9.17) is 18.9 Å². The molecule has 1 spiro atoms. The van der Waals surface area contributed by atoms with Gasteiger partial charge in [0.2, 0.25) is 0 Å². The summed E-state index contributed by atoms with van der Waals surface area (Å²) in [6.45, 7) is 3.25. The fraction of sp³-hybridized carbons (Fsp3) is 1.00. The van der Waals surface area contributed by atoms with Crippen molar-refractivity contribution in [3.8, 4) is 0 Å². The molecular weight excluding hydrogens is 474 g/mol. The average molecular weight is 516 g/mol. The average Bonchev–Trinajstić information content (AvgIpc) is 3.19. The van der Waals surface area contributed by atoms with Crippen LogP contribution in [0.4, 0.5) is 0 Å². The van der Waals surface area contributed by atoms with Gasteiger partial charge in [-0.05, 0) is 13.0 Å².